The van der Waals surface area contributed by atoms with E-state index in [9.17, 15) is 13.2 Å². The Morgan fingerprint density at radius 2 is 1.97 bits per heavy atom. The van der Waals surface area contributed by atoms with Gasteiger partial charge in [0.05, 0.1) is 18.8 Å². The van der Waals surface area contributed by atoms with Gasteiger partial charge in [-0.2, -0.15) is 18.2 Å². The third kappa shape index (κ3) is 4.88. The molecule has 3 aromatic rings. The molecular formula is C23H24F3N5O. The van der Waals surface area contributed by atoms with E-state index >= 15 is 0 Å². The van der Waals surface area contributed by atoms with Gasteiger partial charge in [-0.3, -0.25) is 4.98 Å². The fourth-order valence-electron chi connectivity index (χ4n) is 3.70. The van der Waals surface area contributed by atoms with E-state index in [1.807, 2.05) is 43.0 Å². The summed E-state index contributed by atoms with van der Waals surface area (Å²) in [6, 6.07) is 7.52. The molecule has 0 spiro atoms. The SMILES string of the molecule is C=C(CCc1nc(N2CCO[C@H](c3ccnc(C)c3)C2)nc2nc(C)ccc12)C(F)(F)F. The van der Waals surface area contributed by atoms with Gasteiger partial charge in [-0.1, -0.05) is 6.58 Å². The molecule has 3 aromatic heterocycles. The fraction of sp³-hybridized carbons (Fsp3) is 0.391. The first-order valence-electron chi connectivity index (χ1n) is 10.4. The number of hydrogen-bond donors (Lipinski definition) is 0. The van der Waals surface area contributed by atoms with E-state index in [0.29, 0.717) is 42.4 Å². The van der Waals surface area contributed by atoms with Gasteiger partial charge in [0, 0.05) is 35.1 Å². The number of ether oxygens (including phenoxy) is 1. The summed E-state index contributed by atoms with van der Waals surface area (Å²) in [5.41, 5.74) is 2.93. The molecule has 1 atom stereocenters. The number of nitrogens with zero attached hydrogens (tertiary/aromatic N) is 5. The van der Waals surface area contributed by atoms with Crippen molar-refractivity contribution in [2.45, 2.75) is 39.0 Å². The van der Waals surface area contributed by atoms with Crippen molar-refractivity contribution in [3.05, 3.63) is 65.3 Å². The molecule has 0 unspecified atom stereocenters. The summed E-state index contributed by atoms with van der Waals surface area (Å²) in [7, 11) is 0. The van der Waals surface area contributed by atoms with Crippen molar-refractivity contribution in [3.63, 3.8) is 0 Å². The number of aromatic nitrogens is 4. The number of fused-ring (bicyclic) bond motifs is 1. The third-order valence-corrected chi connectivity index (χ3v) is 5.47. The first kappa shape index (κ1) is 22.1. The van der Waals surface area contributed by atoms with Crippen molar-refractivity contribution in [1.82, 2.24) is 19.9 Å². The lowest BCUT2D eigenvalue weighted by molar-refractivity contribution is -0.0935. The highest BCUT2D eigenvalue weighted by Gasteiger charge is 2.31. The molecule has 0 saturated carbocycles. The molecule has 0 N–H and O–H groups in total. The quantitative estimate of drug-likeness (QED) is 0.534. The van der Waals surface area contributed by atoms with E-state index in [0.717, 1.165) is 17.0 Å². The molecule has 1 saturated heterocycles. The molecule has 1 fully saturated rings. The van der Waals surface area contributed by atoms with Gasteiger partial charge in [0.25, 0.3) is 0 Å². The zero-order chi connectivity index (χ0) is 22.9. The molecule has 0 amide bonds. The lowest BCUT2D eigenvalue weighted by atomic mass is 10.1. The molecule has 1 aliphatic rings. The molecule has 6 nitrogen and oxygen atoms in total. The van der Waals surface area contributed by atoms with E-state index < -0.39 is 11.7 Å². The monoisotopic (exact) mass is 443 g/mol. The second kappa shape index (κ2) is 8.82. The molecule has 168 valence electrons. The Morgan fingerprint density at radius 1 is 1.16 bits per heavy atom. The maximum absolute atomic E-state index is 13.0. The summed E-state index contributed by atoms with van der Waals surface area (Å²) in [5.74, 6) is 0.447. The number of morpholine rings is 1. The molecule has 4 heterocycles. The van der Waals surface area contributed by atoms with Crippen molar-refractivity contribution in [2.24, 2.45) is 0 Å². The topological polar surface area (TPSA) is 64.0 Å². The second-order valence-corrected chi connectivity index (χ2v) is 7.93. The largest absolute Gasteiger partial charge is 0.412 e. The van der Waals surface area contributed by atoms with Crippen molar-refractivity contribution in [2.75, 3.05) is 24.6 Å². The Labute approximate surface area is 184 Å². The van der Waals surface area contributed by atoms with Crippen LogP contribution in [0.4, 0.5) is 19.1 Å². The zero-order valence-electron chi connectivity index (χ0n) is 18.0. The number of hydrogen-bond acceptors (Lipinski definition) is 6. The van der Waals surface area contributed by atoms with Crippen molar-refractivity contribution in [1.29, 1.82) is 0 Å². The van der Waals surface area contributed by atoms with Crippen LogP contribution in [-0.4, -0.2) is 45.8 Å². The van der Waals surface area contributed by atoms with Crippen molar-refractivity contribution >= 4 is 17.0 Å². The van der Waals surface area contributed by atoms with Gasteiger partial charge in [0.1, 0.15) is 6.10 Å². The van der Waals surface area contributed by atoms with Crippen LogP contribution in [0.1, 0.15) is 35.2 Å². The molecule has 4 rings (SSSR count). The van der Waals surface area contributed by atoms with Gasteiger partial charge < -0.3 is 9.64 Å². The molecule has 0 aliphatic carbocycles. The Hall–Kier alpha value is -3.07. The van der Waals surface area contributed by atoms with E-state index in [-0.39, 0.29) is 18.9 Å². The van der Waals surface area contributed by atoms with Gasteiger partial charge in [0.2, 0.25) is 5.95 Å². The van der Waals surface area contributed by atoms with Crippen LogP contribution in [0.5, 0.6) is 0 Å². The lowest BCUT2D eigenvalue weighted by Gasteiger charge is -2.33. The summed E-state index contributed by atoms with van der Waals surface area (Å²) in [6.07, 6.45) is -2.97. The number of pyridine rings is 2. The normalized spacial score (nSPS) is 17.0. The smallest absolute Gasteiger partial charge is 0.370 e. The first-order chi connectivity index (χ1) is 15.2. The van der Waals surface area contributed by atoms with Crippen molar-refractivity contribution in [3.8, 4) is 0 Å². The zero-order valence-corrected chi connectivity index (χ0v) is 18.0. The van der Waals surface area contributed by atoms with Gasteiger partial charge in [-0.15, -0.1) is 0 Å². The van der Waals surface area contributed by atoms with E-state index in [1.165, 1.54) is 0 Å². The summed E-state index contributed by atoms with van der Waals surface area (Å²) >= 11 is 0. The third-order valence-electron chi connectivity index (χ3n) is 5.47. The highest BCUT2D eigenvalue weighted by molar-refractivity contribution is 5.78. The minimum atomic E-state index is -4.42. The minimum Gasteiger partial charge on any atom is -0.370 e. The van der Waals surface area contributed by atoms with Gasteiger partial charge in [-0.05, 0) is 56.5 Å². The van der Waals surface area contributed by atoms with Crippen LogP contribution in [0.2, 0.25) is 0 Å². The summed E-state index contributed by atoms with van der Waals surface area (Å²) in [5, 5.41) is 0.656. The number of allylic oxidation sites excluding steroid dienone is 1. The highest BCUT2D eigenvalue weighted by atomic mass is 19.4. The molecule has 0 radical (unpaired) electrons. The molecule has 0 bridgehead atoms. The van der Waals surface area contributed by atoms with Crippen LogP contribution < -0.4 is 4.90 Å². The van der Waals surface area contributed by atoms with Gasteiger partial charge in [0.15, 0.2) is 5.65 Å². The number of rotatable bonds is 5. The van der Waals surface area contributed by atoms with Crippen LogP contribution >= 0.6 is 0 Å². The molecule has 1 aliphatic heterocycles. The maximum Gasteiger partial charge on any atom is 0.412 e. The summed E-state index contributed by atoms with van der Waals surface area (Å²) < 4.78 is 44.8. The van der Waals surface area contributed by atoms with Crippen LogP contribution in [0, 0.1) is 13.8 Å². The van der Waals surface area contributed by atoms with Crippen LogP contribution in [0.25, 0.3) is 11.0 Å². The lowest BCUT2D eigenvalue weighted by Crippen LogP contribution is -2.39. The number of anilines is 1. The van der Waals surface area contributed by atoms with E-state index in [2.05, 4.69) is 26.5 Å². The van der Waals surface area contributed by atoms with Gasteiger partial charge in [-0.25, -0.2) is 9.97 Å². The standard InChI is InChI=1S/C23H24F3N5O/c1-14(23(24,25)26)4-7-19-18-6-5-15(2)28-21(18)30-22(29-19)31-10-11-32-20(13-31)17-8-9-27-16(3)12-17/h5-6,8-9,12,20H,1,4,7,10-11,13H2,2-3H3/t20-/m0/s1. The molecular weight excluding hydrogens is 419 g/mol. The number of alkyl halides is 3. The van der Waals surface area contributed by atoms with Crippen LogP contribution in [0.3, 0.4) is 0 Å². The van der Waals surface area contributed by atoms with Gasteiger partial charge >= 0.3 is 6.18 Å². The summed E-state index contributed by atoms with van der Waals surface area (Å²) in [4.78, 5) is 20.0. The Bertz CT molecular complexity index is 1150. The predicted molar refractivity (Wildman–Crippen MR) is 115 cm³/mol. The predicted octanol–water partition coefficient (Wildman–Crippen LogP) is 4.67. The van der Waals surface area contributed by atoms with Crippen LogP contribution in [-0.2, 0) is 11.2 Å². The molecule has 0 aromatic carbocycles. The fourth-order valence-corrected chi connectivity index (χ4v) is 3.70. The Balaban J connectivity index is 1.65. The Morgan fingerprint density at radius 3 is 2.72 bits per heavy atom. The second-order valence-electron chi connectivity index (χ2n) is 7.93. The van der Waals surface area contributed by atoms with E-state index in [1.54, 1.807) is 6.20 Å². The average Bonchev–Trinajstić information content (AvgIpc) is 2.76. The first-order valence-corrected chi connectivity index (χ1v) is 10.4. The van der Waals surface area contributed by atoms with Crippen LogP contribution in [0.15, 0.2) is 42.6 Å². The average molecular weight is 443 g/mol. The molecule has 32 heavy (non-hydrogen) atoms. The maximum atomic E-state index is 13.0. The molecule has 9 heteroatoms. The Kier molecular flexibility index (Phi) is 6.10. The number of halogens is 3. The van der Waals surface area contributed by atoms with Crippen molar-refractivity contribution < 1.29 is 17.9 Å². The number of aryl methyl sites for hydroxylation is 3. The summed E-state index contributed by atoms with van der Waals surface area (Å²) in [6.45, 7) is 8.53. The van der Waals surface area contributed by atoms with E-state index in [4.69, 9.17) is 4.74 Å². The minimum absolute atomic E-state index is 0.104. The highest BCUT2D eigenvalue weighted by Crippen LogP contribution is 2.30.